The maximum Gasteiger partial charge on any atom is 0.374 e. The van der Waals surface area contributed by atoms with E-state index in [1.54, 1.807) is 0 Å². The number of aliphatic carboxylic acids is 1. The van der Waals surface area contributed by atoms with E-state index < -0.39 is 18.3 Å². The van der Waals surface area contributed by atoms with E-state index in [1.807, 2.05) is 0 Å². The highest BCUT2D eigenvalue weighted by atomic mass is 19.3. The molecule has 0 spiro atoms. The van der Waals surface area contributed by atoms with Crippen LogP contribution < -0.4 is 0 Å². The van der Waals surface area contributed by atoms with Crippen LogP contribution in [0.3, 0.4) is 0 Å². The first kappa shape index (κ1) is 11.4. The fourth-order valence-electron chi connectivity index (χ4n) is 1.97. The smallest absolute Gasteiger partial charge is 0.374 e. The third-order valence-electron chi connectivity index (χ3n) is 2.90. The first-order valence-corrected chi connectivity index (χ1v) is 5.13. The van der Waals surface area contributed by atoms with Gasteiger partial charge in [0.25, 0.3) is 0 Å². The number of halogens is 2. The fourth-order valence-corrected chi connectivity index (χ4v) is 1.97. The highest BCUT2D eigenvalue weighted by Gasteiger charge is 2.38. The van der Waals surface area contributed by atoms with Gasteiger partial charge in [0, 0.05) is 6.42 Å². The zero-order valence-corrected chi connectivity index (χ0v) is 8.14. The van der Waals surface area contributed by atoms with Crippen molar-refractivity contribution in [2.24, 2.45) is 5.92 Å². The van der Waals surface area contributed by atoms with Crippen molar-refractivity contribution in [1.29, 1.82) is 0 Å². The number of rotatable bonds is 4. The van der Waals surface area contributed by atoms with Gasteiger partial charge in [-0.25, -0.2) is 4.79 Å². The van der Waals surface area contributed by atoms with Gasteiger partial charge in [-0.05, 0) is 12.3 Å². The van der Waals surface area contributed by atoms with E-state index in [9.17, 15) is 13.6 Å². The quantitative estimate of drug-likeness (QED) is 0.767. The van der Waals surface area contributed by atoms with Crippen LogP contribution in [0.15, 0.2) is 0 Å². The predicted octanol–water partition coefficient (Wildman–Crippen LogP) is 3.07. The number of hydrogen-bond acceptors (Lipinski definition) is 1. The second-order valence-electron chi connectivity index (χ2n) is 4.05. The van der Waals surface area contributed by atoms with Crippen LogP contribution in [0.2, 0.25) is 0 Å². The van der Waals surface area contributed by atoms with Gasteiger partial charge in [-0.2, -0.15) is 8.78 Å². The molecule has 0 radical (unpaired) electrons. The Morgan fingerprint density at radius 2 is 1.86 bits per heavy atom. The van der Waals surface area contributed by atoms with E-state index in [2.05, 4.69) is 0 Å². The average molecular weight is 206 g/mol. The molecule has 0 unspecified atom stereocenters. The summed E-state index contributed by atoms with van der Waals surface area (Å²) in [6.07, 6.45) is 5.19. The van der Waals surface area contributed by atoms with Gasteiger partial charge >= 0.3 is 11.9 Å². The molecule has 0 aromatic rings. The molecule has 1 saturated carbocycles. The van der Waals surface area contributed by atoms with Crippen LogP contribution in [0.25, 0.3) is 0 Å². The van der Waals surface area contributed by atoms with Crippen LogP contribution >= 0.6 is 0 Å². The zero-order chi connectivity index (χ0) is 10.6. The minimum absolute atomic E-state index is 0.314. The average Bonchev–Trinajstić information content (AvgIpc) is 2.16. The summed E-state index contributed by atoms with van der Waals surface area (Å²) in [7, 11) is 0. The molecule has 0 aromatic heterocycles. The van der Waals surface area contributed by atoms with Gasteiger partial charge < -0.3 is 5.11 Å². The van der Waals surface area contributed by atoms with Crippen molar-refractivity contribution in [3.63, 3.8) is 0 Å². The molecular weight excluding hydrogens is 190 g/mol. The number of carbonyl (C=O) groups is 1. The first-order chi connectivity index (χ1) is 6.52. The molecule has 4 heteroatoms. The largest absolute Gasteiger partial charge is 0.477 e. The van der Waals surface area contributed by atoms with E-state index >= 15 is 0 Å². The van der Waals surface area contributed by atoms with E-state index in [-0.39, 0.29) is 0 Å². The topological polar surface area (TPSA) is 37.3 Å². The van der Waals surface area contributed by atoms with Crippen molar-refractivity contribution in [1.82, 2.24) is 0 Å². The van der Waals surface area contributed by atoms with E-state index in [0.29, 0.717) is 12.3 Å². The highest BCUT2D eigenvalue weighted by Crippen LogP contribution is 2.31. The standard InChI is InChI=1S/C10H16F2O2/c11-10(12,9(13)14)7-6-8-4-2-1-3-5-8/h8H,1-7H2,(H,13,14). The molecule has 1 rings (SSSR count). The van der Waals surface area contributed by atoms with Gasteiger partial charge in [0.05, 0.1) is 0 Å². The van der Waals surface area contributed by atoms with Crippen LogP contribution in [0.1, 0.15) is 44.9 Å². The van der Waals surface area contributed by atoms with Crippen molar-refractivity contribution in [3.05, 3.63) is 0 Å². The first-order valence-electron chi connectivity index (χ1n) is 5.13. The number of hydrogen-bond donors (Lipinski definition) is 1. The van der Waals surface area contributed by atoms with Gasteiger partial charge in [-0.1, -0.05) is 32.1 Å². The minimum Gasteiger partial charge on any atom is -0.477 e. The maximum absolute atomic E-state index is 12.7. The van der Waals surface area contributed by atoms with Gasteiger partial charge in [0.1, 0.15) is 0 Å². The molecule has 0 bridgehead atoms. The number of carboxylic acid groups (broad SMARTS) is 1. The molecule has 1 fully saturated rings. The molecular formula is C10H16F2O2. The zero-order valence-electron chi connectivity index (χ0n) is 8.14. The molecule has 1 N–H and O–H groups in total. The monoisotopic (exact) mass is 206 g/mol. The van der Waals surface area contributed by atoms with Gasteiger partial charge in [-0.15, -0.1) is 0 Å². The Bertz CT molecular complexity index is 198. The van der Waals surface area contributed by atoms with Crippen molar-refractivity contribution in [2.75, 3.05) is 0 Å². The molecule has 0 amide bonds. The Labute approximate surface area is 82.3 Å². The molecule has 14 heavy (non-hydrogen) atoms. The molecule has 2 nitrogen and oxygen atoms in total. The third kappa shape index (κ3) is 3.24. The normalized spacial score (nSPS) is 19.6. The molecule has 82 valence electrons. The fraction of sp³-hybridized carbons (Fsp3) is 0.900. The summed E-state index contributed by atoms with van der Waals surface area (Å²) in [6.45, 7) is 0. The Balaban J connectivity index is 2.28. The summed E-state index contributed by atoms with van der Waals surface area (Å²) < 4.78 is 25.4. The van der Waals surface area contributed by atoms with Crippen LogP contribution in [0.5, 0.6) is 0 Å². The number of carboxylic acids is 1. The van der Waals surface area contributed by atoms with Gasteiger partial charge in [0.15, 0.2) is 0 Å². The van der Waals surface area contributed by atoms with Crippen molar-refractivity contribution < 1.29 is 18.7 Å². The van der Waals surface area contributed by atoms with Gasteiger partial charge in [-0.3, -0.25) is 0 Å². The summed E-state index contributed by atoms with van der Waals surface area (Å²) in [5.41, 5.74) is 0. The molecule has 0 heterocycles. The molecule has 1 aliphatic rings. The maximum atomic E-state index is 12.7. The Kier molecular flexibility index (Phi) is 3.84. The van der Waals surface area contributed by atoms with Crippen LogP contribution in [-0.2, 0) is 4.79 Å². The molecule has 0 saturated heterocycles. The summed E-state index contributed by atoms with van der Waals surface area (Å²) in [5, 5.41) is 8.22. The van der Waals surface area contributed by atoms with E-state index in [1.165, 1.54) is 6.42 Å². The summed E-state index contributed by atoms with van der Waals surface area (Å²) in [5.74, 6) is -5.21. The van der Waals surface area contributed by atoms with Crippen LogP contribution in [0, 0.1) is 5.92 Å². The highest BCUT2D eigenvalue weighted by molar-refractivity contribution is 5.75. The lowest BCUT2D eigenvalue weighted by Gasteiger charge is -2.22. The molecule has 0 atom stereocenters. The Morgan fingerprint density at radius 3 is 2.36 bits per heavy atom. The summed E-state index contributed by atoms with van der Waals surface area (Å²) in [6, 6.07) is 0. The Morgan fingerprint density at radius 1 is 1.29 bits per heavy atom. The van der Waals surface area contributed by atoms with Crippen molar-refractivity contribution >= 4 is 5.97 Å². The van der Waals surface area contributed by atoms with E-state index in [0.717, 1.165) is 25.7 Å². The van der Waals surface area contributed by atoms with Crippen LogP contribution in [0.4, 0.5) is 8.78 Å². The summed E-state index contributed by atoms with van der Waals surface area (Å²) in [4.78, 5) is 10.1. The Hall–Kier alpha value is -0.670. The van der Waals surface area contributed by atoms with Gasteiger partial charge in [0.2, 0.25) is 0 Å². The SMILES string of the molecule is O=C(O)C(F)(F)CCC1CCCCC1. The lowest BCUT2D eigenvalue weighted by atomic mass is 9.85. The predicted molar refractivity (Wildman–Crippen MR) is 48.4 cm³/mol. The third-order valence-corrected chi connectivity index (χ3v) is 2.90. The second-order valence-corrected chi connectivity index (χ2v) is 4.05. The summed E-state index contributed by atoms with van der Waals surface area (Å²) >= 11 is 0. The lowest BCUT2D eigenvalue weighted by molar-refractivity contribution is -0.166. The second kappa shape index (κ2) is 4.71. The van der Waals surface area contributed by atoms with Crippen molar-refractivity contribution in [2.45, 2.75) is 50.9 Å². The molecule has 0 aromatic carbocycles. The van der Waals surface area contributed by atoms with Crippen LogP contribution in [-0.4, -0.2) is 17.0 Å². The van der Waals surface area contributed by atoms with E-state index in [4.69, 9.17) is 5.11 Å². The molecule has 0 aliphatic heterocycles. The minimum atomic E-state index is -3.53. The lowest BCUT2D eigenvalue weighted by Crippen LogP contribution is -2.28. The molecule has 1 aliphatic carbocycles. The van der Waals surface area contributed by atoms with Crippen molar-refractivity contribution in [3.8, 4) is 0 Å². The number of alkyl halides is 2.